The molecule has 1 aromatic rings. The van der Waals surface area contributed by atoms with Gasteiger partial charge < -0.3 is 4.79 Å². The molecule has 1 aliphatic rings. The Balaban J connectivity index is 2.37. The van der Waals surface area contributed by atoms with Crippen molar-refractivity contribution >= 4 is 6.29 Å². The lowest BCUT2D eigenvalue weighted by Gasteiger charge is -2.03. The van der Waals surface area contributed by atoms with Crippen LogP contribution in [-0.2, 0) is 10.2 Å². The fourth-order valence-electron chi connectivity index (χ4n) is 1.18. The lowest BCUT2D eigenvalue weighted by Crippen LogP contribution is -2.09. The molecule has 0 bridgehead atoms. The molecule has 0 amide bonds. The van der Waals surface area contributed by atoms with Gasteiger partial charge in [0.05, 0.1) is 11.1 Å². The van der Waals surface area contributed by atoms with Crippen molar-refractivity contribution in [1.82, 2.24) is 4.98 Å². The van der Waals surface area contributed by atoms with Crippen LogP contribution in [-0.4, -0.2) is 11.3 Å². The summed E-state index contributed by atoms with van der Waals surface area (Å²) in [7, 11) is 0. The highest BCUT2D eigenvalue weighted by atomic mass is 16.1. The van der Waals surface area contributed by atoms with Gasteiger partial charge in [-0.2, -0.15) is 0 Å². The van der Waals surface area contributed by atoms with Crippen molar-refractivity contribution in [3.05, 3.63) is 30.1 Å². The average molecular weight is 146 g/mol. The molecule has 0 atom stereocenters. The summed E-state index contributed by atoms with van der Waals surface area (Å²) in [6.45, 7) is 0. The van der Waals surface area contributed by atoms with Gasteiger partial charge in [0.25, 0.3) is 0 Å². The summed E-state index contributed by atoms with van der Waals surface area (Å²) in [5.74, 6) is 0. The Kier molecular flexibility index (Phi) is 1.28. The summed E-state index contributed by atoms with van der Waals surface area (Å²) < 4.78 is 0. The zero-order valence-corrected chi connectivity index (χ0v) is 6.08. The van der Waals surface area contributed by atoms with Crippen molar-refractivity contribution in [2.75, 3.05) is 0 Å². The van der Waals surface area contributed by atoms with E-state index in [4.69, 9.17) is 0 Å². The molecule has 1 heterocycles. The minimum atomic E-state index is -0.227. The van der Waals surface area contributed by atoms with Gasteiger partial charge in [0.15, 0.2) is 0 Å². The van der Waals surface area contributed by atoms with Crippen LogP contribution in [0, 0.1) is 6.07 Å². The number of aromatic nitrogens is 1. The van der Waals surface area contributed by atoms with Crippen molar-refractivity contribution < 1.29 is 4.79 Å². The SMILES string of the molecule is O=CC1(c2cc[c]cn2)CC1. The molecule has 1 saturated carbocycles. The van der Waals surface area contributed by atoms with Crippen LogP contribution in [0.5, 0.6) is 0 Å². The second-order valence-corrected chi connectivity index (χ2v) is 2.92. The van der Waals surface area contributed by atoms with E-state index in [0.29, 0.717) is 0 Å². The van der Waals surface area contributed by atoms with Crippen LogP contribution in [0.3, 0.4) is 0 Å². The maximum atomic E-state index is 10.6. The predicted octanol–water partition coefficient (Wildman–Crippen LogP) is 1.11. The Morgan fingerprint density at radius 3 is 2.91 bits per heavy atom. The average Bonchev–Trinajstić information content (AvgIpc) is 2.86. The number of hydrogen-bond donors (Lipinski definition) is 0. The lowest BCUT2D eigenvalue weighted by molar-refractivity contribution is -0.109. The zero-order chi connectivity index (χ0) is 7.73. The summed E-state index contributed by atoms with van der Waals surface area (Å²) >= 11 is 0. The predicted molar refractivity (Wildman–Crippen MR) is 40.0 cm³/mol. The molecule has 1 fully saturated rings. The van der Waals surface area contributed by atoms with E-state index in [1.54, 1.807) is 12.3 Å². The number of pyridine rings is 1. The Morgan fingerprint density at radius 2 is 2.45 bits per heavy atom. The highest BCUT2D eigenvalue weighted by Gasteiger charge is 2.45. The molecule has 2 rings (SSSR count). The molecule has 0 N–H and O–H groups in total. The minimum Gasteiger partial charge on any atom is -0.302 e. The van der Waals surface area contributed by atoms with Gasteiger partial charge in [-0.1, -0.05) is 6.07 Å². The maximum Gasteiger partial charge on any atom is 0.132 e. The van der Waals surface area contributed by atoms with Crippen molar-refractivity contribution in [3.63, 3.8) is 0 Å². The first kappa shape index (κ1) is 6.53. The van der Waals surface area contributed by atoms with Crippen molar-refractivity contribution in [3.8, 4) is 0 Å². The molecule has 11 heavy (non-hydrogen) atoms. The summed E-state index contributed by atoms with van der Waals surface area (Å²) in [5.41, 5.74) is 0.668. The van der Waals surface area contributed by atoms with Gasteiger partial charge in [-0.25, -0.2) is 0 Å². The lowest BCUT2D eigenvalue weighted by atomic mass is 10.0. The summed E-state index contributed by atoms with van der Waals surface area (Å²) in [6.07, 6.45) is 4.52. The Bertz CT molecular complexity index is 264. The van der Waals surface area contributed by atoms with Gasteiger partial charge in [-0.3, -0.25) is 4.98 Å². The first-order chi connectivity index (χ1) is 5.37. The van der Waals surface area contributed by atoms with E-state index in [2.05, 4.69) is 11.1 Å². The van der Waals surface area contributed by atoms with Crippen LogP contribution < -0.4 is 0 Å². The fourth-order valence-corrected chi connectivity index (χ4v) is 1.18. The highest BCUT2D eigenvalue weighted by Crippen LogP contribution is 2.44. The summed E-state index contributed by atoms with van der Waals surface area (Å²) in [6, 6.07) is 6.49. The highest BCUT2D eigenvalue weighted by molar-refractivity contribution is 5.71. The molecule has 0 spiro atoms. The molecule has 1 aromatic heterocycles. The second-order valence-electron chi connectivity index (χ2n) is 2.92. The molecule has 1 aliphatic carbocycles. The first-order valence-corrected chi connectivity index (χ1v) is 3.66. The van der Waals surface area contributed by atoms with Gasteiger partial charge in [-0.15, -0.1) is 0 Å². The normalized spacial score (nSPS) is 19.3. The molecule has 0 aromatic carbocycles. The molecule has 0 aliphatic heterocycles. The summed E-state index contributed by atoms with van der Waals surface area (Å²) in [5, 5.41) is 0. The van der Waals surface area contributed by atoms with Crippen LogP contribution >= 0.6 is 0 Å². The summed E-state index contributed by atoms with van der Waals surface area (Å²) in [4.78, 5) is 14.7. The van der Waals surface area contributed by atoms with Gasteiger partial charge >= 0.3 is 0 Å². The van der Waals surface area contributed by atoms with E-state index in [0.717, 1.165) is 24.8 Å². The smallest absolute Gasteiger partial charge is 0.132 e. The quantitative estimate of drug-likeness (QED) is 0.585. The van der Waals surface area contributed by atoms with E-state index in [1.807, 2.05) is 6.07 Å². The topological polar surface area (TPSA) is 30.0 Å². The van der Waals surface area contributed by atoms with Crippen LogP contribution in [0.25, 0.3) is 0 Å². The van der Waals surface area contributed by atoms with Gasteiger partial charge in [-0.05, 0) is 18.9 Å². The van der Waals surface area contributed by atoms with Crippen LogP contribution in [0.4, 0.5) is 0 Å². The Hall–Kier alpha value is -1.18. The molecule has 2 heteroatoms. The van der Waals surface area contributed by atoms with Crippen molar-refractivity contribution in [1.29, 1.82) is 0 Å². The zero-order valence-electron chi connectivity index (χ0n) is 6.08. The molecule has 55 valence electrons. The molecular weight excluding hydrogens is 138 g/mol. The number of hydrogen-bond acceptors (Lipinski definition) is 2. The number of aldehydes is 1. The third-order valence-corrected chi connectivity index (χ3v) is 2.14. The fraction of sp³-hybridized carbons (Fsp3) is 0.333. The first-order valence-electron chi connectivity index (χ1n) is 3.66. The van der Waals surface area contributed by atoms with Crippen LogP contribution in [0.15, 0.2) is 18.3 Å². The maximum absolute atomic E-state index is 10.6. The third kappa shape index (κ3) is 0.946. The third-order valence-electron chi connectivity index (χ3n) is 2.14. The molecule has 2 nitrogen and oxygen atoms in total. The van der Waals surface area contributed by atoms with Crippen LogP contribution in [0.2, 0.25) is 0 Å². The molecule has 1 radical (unpaired) electrons. The Morgan fingerprint density at radius 1 is 1.64 bits per heavy atom. The van der Waals surface area contributed by atoms with E-state index in [1.165, 1.54) is 0 Å². The molecule has 0 unspecified atom stereocenters. The second kappa shape index (κ2) is 2.16. The Labute approximate surface area is 65.3 Å². The number of nitrogens with zero attached hydrogens (tertiary/aromatic N) is 1. The monoisotopic (exact) mass is 146 g/mol. The van der Waals surface area contributed by atoms with Gasteiger partial charge in [0.2, 0.25) is 0 Å². The van der Waals surface area contributed by atoms with Crippen LogP contribution in [0.1, 0.15) is 18.5 Å². The number of carbonyl (C=O) groups excluding carboxylic acids is 1. The standard InChI is InChI=1S/C9H8NO/c11-7-9(4-5-9)8-3-1-2-6-10-8/h1,3,6-7H,4-5H2. The number of rotatable bonds is 2. The van der Waals surface area contributed by atoms with E-state index < -0.39 is 0 Å². The number of carbonyl (C=O) groups is 1. The van der Waals surface area contributed by atoms with E-state index in [9.17, 15) is 4.79 Å². The van der Waals surface area contributed by atoms with Gasteiger partial charge in [0, 0.05) is 12.3 Å². The van der Waals surface area contributed by atoms with E-state index >= 15 is 0 Å². The van der Waals surface area contributed by atoms with Gasteiger partial charge in [0.1, 0.15) is 6.29 Å². The van der Waals surface area contributed by atoms with Crippen molar-refractivity contribution in [2.45, 2.75) is 18.3 Å². The van der Waals surface area contributed by atoms with Crippen molar-refractivity contribution in [2.24, 2.45) is 0 Å². The molecular formula is C9H8NO. The largest absolute Gasteiger partial charge is 0.302 e. The minimum absolute atomic E-state index is 0.227. The van der Waals surface area contributed by atoms with E-state index in [-0.39, 0.29) is 5.41 Å². The molecule has 0 saturated heterocycles.